The molecule has 11 nitrogen and oxygen atoms in total. The minimum Gasteiger partial charge on any atom is -0.458 e. The molecule has 0 bridgehead atoms. The van der Waals surface area contributed by atoms with Crippen LogP contribution in [0.4, 0.5) is 0 Å². The zero-order chi connectivity index (χ0) is 46.7. The molecular formula is C40H47Cl10N5O6S3. The van der Waals surface area contributed by atoms with Crippen molar-refractivity contribution in [2.45, 2.75) is 85.7 Å². The van der Waals surface area contributed by atoms with E-state index in [-0.39, 0.29) is 52.4 Å². The van der Waals surface area contributed by atoms with E-state index < -0.39 is 24.4 Å². The van der Waals surface area contributed by atoms with E-state index in [2.05, 4.69) is 24.9 Å². The van der Waals surface area contributed by atoms with Crippen molar-refractivity contribution in [3.8, 4) is 0 Å². The summed E-state index contributed by atoms with van der Waals surface area (Å²) < 4.78 is 9.92. The van der Waals surface area contributed by atoms with E-state index in [4.69, 9.17) is 125 Å². The van der Waals surface area contributed by atoms with Gasteiger partial charge in [0, 0.05) is 98.1 Å². The molecule has 0 saturated carbocycles. The summed E-state index contributed by atoms with van der Waals surface area (Å²) in [5.74, 6) is -0.402. The molecule has 0 aliphatic carbocycles. The lowest BCUT2D eigenvalue weighted by Crippen LogP contribution is -2.06. The molecule has 2 N–H and O–H groups in total. The summed E-state index contributed by atoms with van der Waals surface area (Å²) in [4.78, 5) is 40.4. The van der Waals surface area contributed by atoms with Gasteiger partial charge in [0.25, 0.3) is 0 Å². The Hall–Kier alpha value is -1.44. The summed E-state index contributed by atoms with van der Waals surface area (Å²) in [5.41, 5.74) is 3.20. The summed E-state index contributed by atoms with van der Waals surface area (Å²) in [5, 5.41) is 22.8. The second kappa shape index (κ2) is 33.9. The third-order valence-electron chi connectivity index (χ3n) is 7.36. The lowest BCUT2D eigenvalue weighted by Gasteiger charge is -2.14. The quantitative estimate of drug-likeness (QED) is 0.149. The number of pyridine rings is 5. The van der Waals surface area contributed by atoms with Crippen LogP contribution in [0, 0.1) is 0 Å². The third kappa shape index (κ3) is 23.0. The number of rotatable bonds is 7. The number of nitrogens with zero attached hydrogens (tertiary/aromatic N) is 5. The number of carbonyl (C=O) groups excluding carboxylic acids is 2. The molecule has 5 rings (SSSR count). The van der Waals surface area contributed by atoms with Gasteiger partial charge in [-0.1, -0.05) is 130 Å². The number of esters is 2. The van der Waals surface area contributed by atoms with Crippen LogP contribution < -0.4 is 0 Å². The van der Waals surface area contributed by atoms with E-state index in [0.29, 0.717) is 78.4 Å². The normalized spacial score (nSPS) is 11.7. The average Bonchev–Trinajstić information content (AvgIpc) is 3.11. The summed E-state index contributed by atoms with van der Waals surface area (Å²) in [6, 6.07) is 0. The maximum Gasteiger partial charge on any atom is 0.303 e. The standard InChI is InChI=1S/2C9H9Cl2NO2.C8H9Cl2N.2C7H7Cl2NO.3H2S/c2*1-5(14-6(2)13)9-7(10)3-12-4-8(9)11;1-5(2)8-6(9)3-11-4-7(8)10;2*1-4(11)7-5(8)2-10-3-6(7)9;;;/h2*3-5H,1-2H3;3-5H,1-2H3;2*2-4,11H,1H3;3*1H2/t5-;;;4-;;;;/m0..0..../s1. The van der Waals surface area contributed by atoms with Crippen molar-refractivity contribution >= 4 is 168 Å². The Morgan fingerprint density at radius 3 is 0.688 bits per heavy atom. The highest BCUT2D eigenvalue weighted by atomic mass is 35.5. The van der Waals surface area contributed by atoms with Gasteiger partial charge in [0.05, 0.1) is 62.4 Å². The highest BCUT2D eigenvalue weighted by Gasteiger charge is 2.18. The Morgan fingerprint density at radius 1 is 0.391 bits per heavy atom. The second-order valence-corrected chi connectivity index (χ2v) is 16.7. The van der Waals surface area contributed by atoms with E-state index in [0.717, 1.165) is 5.56 Å². The summed E-state index contributed by atoms with van der Waals surface area (Å²) in [6.45, 7) is 13.4. The van der Waals surface area contributed by atoms with Crippen LogP contribution in [0.15, 0.2) is 62.0 Å². The minimum absolute atomic E-state index is 0. The fourth-order valence-electron chi connectivity index (χ4n) is 4.85. The highest BCUT2D eigenvalue weighted by Crippen LogP contribution is 2.33. The van der Waals surface area contributed by atoms with Crippen LogP contribution in [0.25, 0.3) is 0 Å². The van der Waals surface area contributed by atoms with Crippen molar-refractivity contribution in [3.05, 3.63) is 140 Å². The van der Waals surface area contributed by atoms with E-state index in [1.165, 1.54) is 63.4 Å². The summed E-state index contributed by atoms with van der Waals surface area (Å²) in [7, 11) is 0. The zero-order valence-electron chi connectivity index (χ0n) is 35.2. The molecule has 0 radical (unpaired) electrons. The maximum atomic E-state index is 10.7. The Morgan fingerprint density at radius 2 is 0.562 bits per heavy atom. The minimum atomic E-state index is -0.655. The van der Waals surface area contributed by atoms with Crippen LogP contribution in [-0.2, 0) is 19.1 Å². The van der Waals surface area contributed by atoms with Crippen LogP contribution in [0.1, 0.15) is 114 Å². The van der Waals surface area contributed by atoms with Crippen LogP contribution in [0.2, 0.25) is 50.2 Å². The summed E-state index contributed by atoms with van der Waals surface area (Å²) in [6.07, 6.45) is 12.7. The van der Waals surface area contributed by atoms with Gasteiger partial charge in [0.1, 0.15) is 12.2 Å². The maximum absolute atomic E-state index is 10.7. The zero-order valence-corrected chi connectivity index (χ0v) is 45.8. The molecule has 0 aliphatic rings. The monoisotopic (exact) mass is 1140 g/mol. The molecule has 5 aromatic rings. The van der Waals surface area contributed by atoms with Crippen molar-refractivity contribution in [3.63, 3.8) is 0 Å². The molecule has 0 aromatic carbocycles. The number of carbonyl (C=O) groups is 2. The predicted molar refractivity (Wildman–Crippen MR) is 278 cm³/mol. The van der Waals surface area contributed by atoms with E-state index >= 15 is 0 Å². The van der Waals surface area contributed by atoms with Crippen LogP contribution in [0.3, 0.4) is 0 Å². The van der Waals surface area contributed by atoms with Crippen molar-refractivity contribution < 1.29 is 29.3 Å². The van der Waals surface area contributed by atoms with Crippen LogP contribution in [0.5, 0.6) is 0 Å². The molecule has 5 aromatic heterocycles. The molecule has 2 unspecified atom stereocenters. The number of ether oxygens (including phenoxy) is 2. The van der Waals surface area contributed by atoms with E-state index in [1.54, 1.807) is 40.1 Å². The molecule has 356 valence electrons. The molecule has 0 fully saturated rings. The first kappa shape index (κ1) is 66.8. The topological polar surface area (TPSA) is 158 Å². The van der Waals surface area contributed by atoms with Gasteiger partial charge in [-0.05, 0) is 39.2 Å². The molecular weight excluding hydrogens is 1100 g/mol. The van der Waals surface area contributed by atoms with Crippen molar-refractivity contribution in [1.29, 1.82) is 0 Å². The van der Waals surface area contributed by atoms with Crippen molar-refractivity contribution in [2.24, 2.45) is 0 Å². The van der Waals surface area contributed by atoms with E-state index in [1.807, 2.05) is 13.8 Å². The smallest absolute Gasteiger partial charge is 0.303 e. The second-order valence-electron chi connectivity index (χ2n) is 12.6. The Kier molecular flexibility index (Phi) is 35.4. The van der Waals surface area contributed by atoms with Gasteiger partial charge >= 0.3 is 11.9 Å². The molecule has 0 aliphatic heterocycles. The fraction of sp³-hybridized carbons (Fsp3) is 0.325. The van der Waals surface area contributed by atoms with Crippen molar-refractivity contribution in [1.82, 2.24) is 24.9 Å². The van der Waals surface area contributed by atoms with Crippen LogP contribution >= 0.6 is 156 Å². The van der Waals surface area contributed by atoms with Gasteiger partial charge in [-0.2, -0.15) is 40.5 Å². The van der Waals surface area contributed by atoms with Crippen molar-refractivity contribution in [2.75, 3.05) is 0 Å². The number of halogens is 10. The average molecular weight is 1140 g/mol. The van der Waals surface area contributed by atoms with Gasteiger partial charge in [-0.25, -0.2) is 0 Å². The first-order chi connectivity index (χ1) is 28.4. The van der Waals surface area contributed by atoms with Gasteiger partial charge < -0.3 is 19.7 Å². The highest BCUT2D eigenvalue weighted by molar-refractivity contribution is 7.59. The number of hydrogen-bond donors (Lipinski definition) is 2. The number of aromatic nitrogens is 5. The Bertz CT molecular complexity index is 1920. The lowest BCUT2D eigenvalue weighted by atomic mass is 10.1. The molecule has 64 heavy (non-hydrogen) atoms. The molecule has 5 heterocycles. The predicted octanol–water partition coefficient (Wildman–Crippen LogP) is 14.8. The van der Waals surface area contributed by atoms with Crippen LogP contribution in [-0.4, -0.2) is 47.1 Å². The molecule has 4 atom stereocenters. The number of aliphatic hydroxyl groups excluding tert-OH is 2. The third-order valence-corrected chi connectivity index (χ3v) is 10.4. The SMILES string of the molecule is CC(=O)OC(C)c1c(Cl)cncc1Cl.CC(=O)O[C@@H](C)c1c(Cl)cncc1Cl.CC(C)c1c(Cl)cncc1Cl.CC(O)c1c(Cl)cncc1Cl.C[C@H](O)c1c(Cl)cncc1Cl.S.S.S. The van der Waals surface area contributed by atoms with Gasteiger partial charge in [-0.15, -0.1) is 0 Å². The Labute approximate surface area is 444 Å². The largest absolute Gasteiger partial charge is 0.458 e. The van der Waals surface area contributed by atoms with Gasteiger partial charge in [-0.3, -0.25) is 34.5 Å². The number of hydrogen-bond acceptors (Lipinski definition) is 11. The summed E-state index contributed by atoms with van der Waals surface area (Å²) >= 11 is 58.1. The number of aliphatic hydroxyl groups is 2. The lowest BCUT2D eigenvalue weighted by molar-refractivity contribution is -0.146. The molecule has 24 heteroatoms. The van der Waals surface area contributed by atoms with Gasteiger partial charge in [0.15, 0.2) is 0 Å². The van der Waals surface area contributed by atoms with E-state index in [9.17, 15) is 19.8 Å². The fourth-order valence-corrected chi connectivity index (χ4v) is 8.35. The molecule has 0 amide bonds. The Balaban J connectivity index is -0.000000721. The first-order valence-corrected chi connectivity index (χ1v) is 21.3. The first-order valence-electron chi connectivity index (χ1n) is 17.6. The van der Waals surface area contributed by atoms with Gasteiger partial charge in [0.2, 0.25) is 0 Å². The molecule has 0 saturated heterocycles. The molecule has 0 spiro atoms.